The summed E-state index contributed by atoms with van der Waals surface area (Å²) in [6.45, 7) is 0. The third kappa shape index (κ3) is 1.91. The molecular weight excluding hydrogens is 216 g/mol. The second kappa shape index (κ2) is 4.18. The first-order valence-electron chi connectivity index (χ1n) is 5.29. The second-order valence-corrected chi connectivity index (χ2v) is 4.89. The topological polar surface area (TPSA) is 17.8 Å². The van der Waals surface area contributed by atoms with Crippen LogP contribution in [0, 0.1) is 0 Å². The Balaban J connectivity index is 1.88. The first kappa shape index (κ1) is 9.73. The highest BCUT2D eigenvalue weighted by atomic mass is 32.2. The molecule has 0 saturated carbocycles. The molecule has 80 valence electrons. The van der Waals surface area contributed by atoms with Crippen LogP contribution >= 0.6 is 11.8 Å². The van der Waals surface area contributed by atoms with Crippen molar-refractivity contribution < 1.29 is 0 Å². The zero-order valence-electron chi connectivity index (χ0n) is 8.84. The van der Waals surface area contributed by atoms with Crippen molar-refractivity contribution in [3.8, 4) is 0 Å². The molecule has 0 atom stereocenters. The van der Waals surface area contributed by atoms with E-state index in [2.05, 4.69) is 35.4 Å². The number of imidazole rings is 1. The third-order valence-electron chi connectivity index (χ3n) is 2.66. The van der Waals surface area contributed by atoms with Crippen molar-refractivity contribution in [1.82, 2.24) is 9.55 Å². The molecule has 0 bridgehead atoms. The number of hydrogen-bond donors (Lipinski definition) is 0. The number of nitrogens with zero attached hydrogens (tertiary/aromatic N) is 2. The van der Waals surface area contributed by atoms with Crippen LogP contribution in [0.25, 0.3) is 6.20 Å². The van der Waals surface area contributed by atoms with Crippen molar-refractivity contribution in [3.63, 3.8) is 0 Å². The number of fused-ring (bicyclic) bond motifs is 1. The summed E-state index contributed by atoms with van der Waals surface area (Å²) in [6.07, 6.45) is 8.84. The molecule has 16 heavy (non-hydrogen) atoms. The molecule has 2 heterocycles. The number of thioether (sulfide) groups is 1. The molecule has 1 aliphatic heterocycles. The van der Waals surface area contributed by atoms with Gasteiger partial charge in [-0.3, -0.25) is 0 Å². The minimum absolute atomic E-state index is 1.06. The van der Waals surface area contributed by atoms with Gasteiger partial charge in [0.15, 0.2) is 0 Å². The van der Waals surface area contributed by atoms with E-state index in [1.54, 1.807) is 6.20 Å². The van der Waals surface area contributed by atoms with Gasteiger partial charge in [0.05, 0.1) is 6.33 Å². The zero-order valence-corrected chi connectivity index (χ0v) is 9.65. The monoisotopic (exact) mass is 228 g/mol. The molecule has 1 aromatic carbocycles. The Hall–Kier alpha value is -1.48. The lowest BCUT2D eigenvalue weighted by Crippen LogP contribution is -2.03. The maximum Gasteiger partial charge on any atom is 0.0986 e. The van der Waals surface area contributed by atoms with E-state index in [-0.39, 0.29) is 0 Å². The highest BCUT2D eigenvalue weighted by molar-refractivity contribution is 7.99. The highest BCUT2D eigenvalue weighted by Gasteiger charge is 2.12. The summed E-state index contributed by atoms with van der Waals surface area (Å²) in [7, 11) is 0. The molecule has 0 fully saturated rings. The molecule has 1 aliphatic rings. The molecule has 0 radical (unpaired) electrons. The Morgan fingerprint density at radius 2 is 2.25 bits per heavy atom. The van der Waals surface area contributed by atoms with Gasteiger partial charge in [-0.15, -0.1) is 11.8 Å². The molecule has 0 amide bonds. The second-order valence-electron chi connectivity index (χ2n) is 3.87. The largest absolute Gasteiger partial charge is 0.313 e. The summed E-state index contributed by atoms with van der Waals surface area (Å²) in [4.78, 5) is 5.47. The van der Waals surface area contributed by atoms with Crippen LogP contribution in [-0.4, -0.2) is 15.3 Å². The van der Waals surface area contributed by atoms with Crippen LogP contribution in [0.4, 0.5) is 0 Å². The minimum atomic E-state index is 1.06. The van der Waals surface area contributed by atoms with Crippen molar-refractivity contribution in [2.75, 3.05) is 5.75 Å². The normalized spacial score (nSPS) is 17.4. The molecule has 0 spiro atoms. The van der Waals surface area contributed by atoms with Gasteiger partial charge in [0, 0.05) is 29.2 Å². The van der Waals surface area contributed by atoms with Gasteiger partial charge in [-0.2, -0.15) is 0 Å². The van der Waals surface area contributed by atoms with Crippen molar-refractivity contribution in [2.24, 2.45) is 0 Å². The van der Waals surface area contributed by atoms with Crippen LogP contribution in [0.5, 0.6) is 0 Å². The van der Waals surface area contributed by atoms with E-state index >= 15 is 0 Å². The van der Waals surface area contributed by atoms with E-state index < -0.39 is 0 Å². The molecule has 3 heteroatoms. The van der Waals surface area contributed by atoms with E-state index in [0.29, 0.717) is 0 Å². The quantitative estimate of drug-likeness (QED) is 0.746. The fourth-order valence-corrected chi connectivity index (χ4v) is 2.91. The van der Waals surface area contributed by atoms with Crippen molar-refractivity contribution in [2.45, 2.75) is 11.3 Å². The molecule has 2 nitrogen and oxygen atoms in total. The molecule has 3 rings (SSSR count). The van der Waals surface area contributed by atoms with Crippen LogP contribution < -0.4 is 0 Å². The number of benzene rings is 1. The Bertz CT molecular complexity index is 514. The zero-order chi connectivity index (χ0) is 10.8. The first-order valence-corrected chi connectivity index (χ1v) is 6.28. The van der Waals surface area contributed by atoms with Gasteiger partial charge in [-0.25, -0.2) is 4.98 Å². The molecule has 0 aliphatic carbocycles. The fourth-order valence-electron chi connectivity index (χ4n) is 1.90. The van der Waals surface area contributed by atoms with E-state index in [9.17, 15) is 0 Å². The average molecular weight is 228 g/mol. The van der Waals surface area contributed by atoms with Gasteiger partial charge in [0.25, 0.3) is 0 Å². The minimum Gasteiger partial charge on any atom is -0.313 e. The fraction of sp³-hybridized carbons (Fsp3) is 0.154. The number of hydrogen-bond acceptors (Lipinski definition) is 2. The lowest BCUT2D eigenvalue weighted by atomic mass is 10.1. The lowest BCUT2D eigenvalue weighted by Gasteiger charge is -2.17. The van der Waals surface area contributed by atoms with Crippen LogP contribution in [0.2, 0.25) is 0 Å². The van der Waals surface area contributed by atoms with E-state index in [1.165, 1.54) is 16.0 Å². The average Bonchev–Trinajstić information content (AvgIpc) is 2.82. The van der Waals surface area contributed by atoms with Crippen molar-refractivity contribution >= 4 is 18.0 Å². The van der Waals surface area contributed by atoms with Crippen molar-refractivity contribution in [1.29, 1.82) is 0 Å². The summed E-state index contributed by atoms with van der Waals surface area (Å²) in [5, 5.41) is 0. The predicted molar refractivity (Wildman–Crippen MR) is 67.4 cm³/mol. The standard InChI is InChI=1S/C13H12N2S/c1-2-4-13-12(3-1)7-11(9-16-13)8-15-6-5-14-10-15/h1-6,8,10H,7,9H2/b11-8+. The van der Waals surface area contributed by atoms with Gasteiger partial charge in [-0.05, 0) is 23.6 Å². The Kier molecular flexibility index (Phi) is 2.54. The molecule has 1 aromatic heterocycles. The summed E-state index contributed by atoms with van der Waals surface area (Å²) in [6, 6.07) is 8.63. The summed E-state index contributed by atoms with van der Waals surface area (Å²) < 4.78 is 2.02. The van der Waals surface area contributed by atoms with Gasteiger partial charge in [-0.1, -0.05) is 18.2 Å². The molecule has 0 N–H and O–H groups in total. The van der Waals surface area contributed by atoms with E-state index in [4.69, 9.17) is 0 Å². The SMILES string of the molecule is C(=C1\CSc2ccccc2C1)/n1ccnc1. The van der Waals surface area contributed by atoms with Gasteiger partial charge >= 0.3 is 0 Å². The summed E-state index contributed by atoms with van der Waals surface area (Å²) in [5.74, 6) is 1.08. The van der Waals surface area contributed by atoms with Crippen LogP contribution in [0.15, 0.2) is 53.5 Å². The number of rotatable bonds is 1. The number of aromatic nitrogens is 2. The Morgan fingerprint density at radius 3 is 3.12 bits per heavy atom. The van der Waals surface area contributed by atoms with Gasteiger partial charge in [0.2, 0.25) is 0 Å². The van der Waals surface area contributed by atoms with E-state index in [1.807, 2.05) is 28.9 Å². The lowest BCUT2D eigenvalue weighted by molar-refractivity contribution is 1.04. The third-order valence-corrected chi connectivity index (χ3v) is 3.88. The molecule has 0 unspecified atom stereocenters. The van der Waals surface area contributed by atoms with E-state index in [0.717, 1.165) is 12.2 Å². The van der Waals surface area contributed by atoms with Crippen LogP contribution in [0.1, 0.15) is 5.56 Å². The summed E-state index contributed by atoms with van der Waals surface area (Å²) in [5.41, 5.74) is 2.88. The van der Waals surface area contributed by atoms with Gasteiger partial charge < -0.3 is 4.57 Å². The van der Waals surface area contributed by atoms with Crippen LogP contribution in [-0.2, 0) is 6.42 Å². The molecule has 2 aromatic rings. The maximum atomic E-state index is 4.04. The summed E-state index contributed by atoms with van der Waals surface area (Å²) >= 11 is 1.92. The molecule has 0 saturated heterocycles. The molecular formula is C13H12N2S. The highest BCUT2D eigenvalue weighted by Crippen LogP contribution is 2.32. The Labute approximate surface area is 99.0 Å². The maximum absolute atomic E-state index is 4.04. The van der Waals surface area contributed by atoms with Gasteiger partial charge in [0.1, 0.15) is 0 Å². The van der Waals surface area contributed by atoms with Crippen LogP contribution in [0.3, 0.4) is 0 Å². The van der Waals surface area contributed by atoms with Crippen molar-refractivity contribution in [3.05, 3.63) is 54.1 Å². The smallest absolute Gasteiger partial charge is 0.0986 e. The Morgan fingerprint density at radius 1 is 1.31 bits per heavy atom. The first-order chi connectivity index (χ1) is 7.92. The predicted octanol–water partition coefficient (Wildman–Crippen LogP) is 3.07.